The van der Waals surface area contributed by atoms with E-state index in [9.17, 15) is 18.1 Å². The number of aromatic amines is 1. The van der Waals surface area contributed by atoms with E-state index in [-0.39, 0.29) is 18.8 Å². The summed E-state index contributed by atoms with van der Waals surface area (Å²) in [7, 11) is -3.36. The van der Waals surface area contributed by atoms with Crippen molar-refractivity contribution in [2.24, 2.45) is 0 Å². The predicted molar refractivity (Wildman–Crippen MR) is 97.0 cm³/mol. The molecule has 1 saturated heterocycles. The SMILES string of the molecule is CCS(=O)(=O)N1CC(CF)(n2cc(-c3c(C#N)cnc4[nH]ccc34)cn2)C1. The maximum absolute atomic E-state index is 13.9. The fourth-order valence-corrected chi connectivity index (χ4v) is 4.63. The first kappa shape index (κ1) is 17.6. The van der Waals surface area contributed by atoms with Gasteiger partial charge in [0.1, 0.15) is 23.9 Å². The summed E-state index contributed by atoms with van der Waals surface area (Å²) in [6, 6.07) is 3.94. The van der Waals surface area contributed by atoms with Gasteiger partial charge in [0.2, 0.25) is 10.0 Å². The summed E-state index contributed by atoms with van der Waals surface area (Å²) in [6.45, 7) is 0.917. The Labute approximate surface area is 155 Å². The number of alkyl halides is 1. The third kappa shape index (κ3) is 2.62. The molecule has 0 aliphatic carbocycles. The van der Waals surface area contributed by atoms with E-state index in [1.807, 2.05) is 6.07 Å². The number of rotatable bonds is 5. The Hall–Kier alpha value is -2.77. The Morgan fingerprint density at radius 3 is 2.85 bits per heavy atom. The number of pyridine rings is 1. The van der Waals surface area contributed by atoms with E-state index in [1.54, 1.807) is 25.5 Å². The van der Waals surface area contributed by atoms with Gasteiger partial charge in [0, 0.05) is 48.2 Å². The van der Waals surface area contributed by atoms with Crippen molar-refractivity contribution in [3.63, 3.8) is 0 Å². The van der Waals surface area contributed by atoms with Gasteiger partial charge in [-0.15, -0.1) is 0 Å². The van der Waals surface area contributed by atoms with Crippen LogP contribution in [0.3, 0.4) is 0 Å². The summed E-state index contributed by atoms with van der Waals surface area (Å²) in [4.78, 5) is 7.20. The highest BCUT2D eigenvalue weighted by molar-refractivity contribution is 7.89. The molecule has 4 heterocycles. The second kappa shape index (κ2) is 6.14. The summed E-state index contributed by atoms with van der Waals surface area (Å²) in [5.74, 6) is -0.0201. The van der Waals surface area contributed by atoms with Crippen LogP contribution in [0.4, 0.5) is 4.39 Å². The summed E-state index contributed by atoms with van der Waals surface area (Å²) in [6.07, 6.45) is 6.44. The van der Waals surface area contributed by atoms with Crippen LogP contribution in [0, 0.1) is 11.3 Å². The van der Waals surface area contributed by atoms with Gasteiger partial charge in [0.05, 0.1) is 17.5 Å². The summed E-state index contributed by atoms with van der Waals surface area (Å²) in [5, 5.41) is 14.5. The number of nitrogens with one attached hydrogen (secondary N) is 1. The van der Waals surface area contributed by atoms with Gasteiger partial charge >= 0.3 is 0 Å². The Morgan fingerprint density at radius 1 is 1.41 bits per heavy atom. The van der Waals surface area contributed by atoms with Crippen molar-refractivity contribution in [2.75, 3.05) is 25.5 Å². The molecule has 10 heteroatoms. The van der Waals surface area contributed by atoms with E-state index in [2.05, 4.69) is 21.1 Å². The molecule has 0 atom stereocenters. The average molecular weight is 388 g/mol. The molecule has 1 aliphatic heterocycles. The van der Waals surface area contributed by atoms with Gasteiger partial charge in [-0.05, 0) is 13.0 Å². The monoisotopic (exact) mass is 388 g/mol. The number of H-pyrrole nitrogens is 1. The van der Waals surface area contributed by atoms with Gasteiger partial charge in [0.25, 0.3) is 0 Å². The zero-order chi connectivity index (χ0) is 19.2. The van der Waals surface area contributed by atoms with Gasteiger partial charge < -0.3 is 4.98 Å². The molecular formula is C17H17FN6O2S. The first-order valence-electron chi connectivity index (χ1n) is 8.39. The molecule has 0 saturated carbocycles. The number of sulfonamides is 1. The van der Waals surface area contributed by atoms with Crippen LogP contribution in [-0.4, -0.2) is 58.0 Å². The zero-order valence-corrected chi connectivity index (χ0v) is 15.4. The quantitative estimate of drug-likeness (QED) is 0.715. The lowest BCUT2D eigenvalue weighted by atomic mass is 9.94. The number of nitriles is 1. The van der Waals surface area contributed by atoms with Crippen molar-refractivity contribution in [3.8, 4) is 17.2 Å². The molecule has 8 nitrogen and oxygen atoms in total. The highest BCUT2D eigenvalue weighted by Gasteiger charge is 2.50. The minimum atomic E-state index is -3.36. The first-order valence-corrected chi connectivity index (χ1v) is 10.0. The van der Waals surface area contributed by atoms with Gasteiger partial charge in [-0.1, -0.05) is 0 Å². The fourth-order valence-electron chi connectivity index (χ4n) is 3.40. The molecule has 3 aromatic heterocycles. The van der Waals surface area contributed by atoms with Gasteiger partial charge in [-0.3, -0.25) is 4.68 Å². The molecule has 1 aliphatic rings. The Bertz CT molecular complexity index is 1150. The normalized spacial score (nSPS) is 16.9. The molecule has 0 bridgehead atoms. The minimum absolute atomic E-state index is 0.0201. The van der Waals surface area contributed by atoms with Crippen LogP contribution < -0.4 is 0 Å². The van der Waals surface area contributed by atoms with Crippen LogP contribution in [0.2, 0.25) is 0 Å². The minimum Gasteiger partial charge on any atom is -0.346 e. The van der Waals surface area contributed by atoms with Gasteiger partial charge in [0.15, 0.2) is 0 Å². The lowest BCUT2D eigenvalue weighted by Gasteiger charge is -2.47. The second-order valence-corrected chi connectivity index (χ2v) is 8.86. The van der Waals surface area contributed by atoms with Crippen LogP contribution in [0.15, 0.2) is 30.9 Å². The number of aromatic nitrogens is 4. The van der Waals surface area contributed by atoms with Gasteiger partial charge in [-0.2, -0.15) is 14.7 Å². The summed E-state index contributed by atoms with van der Waals surface area (Å²) < 4.78 is 40.5. The smallest absolute Gasteiger partial charge is 0.213 e. The van der Waals surface area contributed by atoms with Crippen LogP contribution in [0.1, 0.15) is 12.5 Å². The standard InChI is InChI=1S/C17H17FN6O2S/c1-2-27(25,26)23-10-17(9-18,11-23)24-8-13(7-22-24)15-12(5-19)6-21-16-14(15)3-4-20-16/h3-4,6-8H,2,9-11H2,1H3,(H,20,21). The lowest BCUT2D eigenvalue weighted by molar-refractivity contribution is 0.0415. The van der Waals surface area contributed by atoms with Crippen LogP contribution in [0.5, 0.6) is 0 Å². The molecule has 0 amide bonds. The molecule has 140 valence electrons. The van der Waals surface area contributed by atoms with Crippen LogP contribution >= 0.6 is 0 Å². The second-order valence-electron chi connectivity index (χ2n) is 6.60. The highest BCUT2D eigenvalue weighted by Crippen LogP contribution is 2.35. The van der Waals surface area contributed by atoms with Crippen molar-refractivity contribution in [1.29, 1.82) is 5.26 Å². The number of fused-ring (bicyclic) bond motifs is 1. The largest absolute Gasteiger partial charge is 0.346 e. The first-order chi connectivity index (χ1) is 12.9. The predicted octanol–water partition coefficient (Wildman–Crippen LogP) is 1.63. The molecule has 3 aromatic rings. The Kier molecular flexibility index (Phi) is 4.01. The Morgan fingerprint density at radius 2 is 2.19 bits per heavy atom. The lowest BCUT2D eigenvalue weighted by Crippen LogP contribution is -2.65. The summed E-state index contributed by atoms with van der Waals surface area (Å²) >= 11 is 0. The van der Waals surface area contributed by atoms with Crippen molar-refractivity contribution >= 4 is 21.1 Å². The maximum Gasteiger partial charge on any atom is 0.213 e. The van der Waals surface area contributed by atoms with Crippen LogP contribution in [0.25, 0.3) is 22.2 Å². The van der Waals surface area contributed by atoms with E-state index in [1.165, 1.54) is 15.2 Å². The molecule has 0 radical (unpaired) electrons. The molecule has 4 rings (SSSR count). The molecule has 27 heavy (non-hydrogen) atoms. The Balaban J connectivity index is 1.73. The number of nitrogens with zero attached hydrogens (tertiary/aromatic N) is 5. The van der Waals surface area contributed by atoms with Crippen molar-refractivity contribution in [3.05, 3.63) is 36.4 Å². The molecule has 0 spiro atoms. The average Bonchev–Trinajstić information content (AvgIpc) is 3.30. The van der Waals surface area contributed by atoms with E-state index in [0.29, 0.717) is 22.3 Å². The maximum atomic E-state index is 13.9. The third-order valence-electron chi connectivity index (χ3n) is 5.01. The fraction of sp³-hybridized carbons (Fsp3) is 0.353. The number of hydrogen-bond acceptors (Lipinski definition) is 5. The third-order valence-corrected chi connectivity index (χ3v) is 6.79. The number of halogens is 1. The van der Waals surface area contributed by atoms with Crippen molar-refractivity contribution < 1.29 is 12.8 Å². The molecule has 0 unspecified atom stereocenters. The van der Waals surface area contributed by atoms with E-state index >= 15 is 0 Å². The van der Waals surface area contributed by atoms with E-state index in [0.717, 1.165) is 5.39 Å². The van der Waals surface area contributed by atoms with E-state index < -0.39 is 22.2 Å². The topological polar surface area (TPSA) is 108 Å². The van der Waals surface area contributed by atoms with Crippen molar-refractivity contribution in [1.82, 2.24) is 24.1 Å². The molecule has 1 N–H and O–H groups in total. The molecule has 0 aromatic carbocycles. The van der Waals surface area contributed by atoms with Crippen molar-refractivity contribution in [2.45, 2.75) is 12.5 Å². The van der Waals surface area contributed by atoms with Gasteiger partial charge in [-0.25, -0.2) is 17.8 Å². The summed E-state index contributed by atoms with van der Waals surface area (Å²) in [5.41, 5.74) is 1.34. The van der Waals surface area contributed by atoms with Crippen LogP contribution in [-0.2, 0) is 15.6 Å². The molecule has 1 fully saturated rings. The number of hydrogen-bond donors (Lipinski definition) is 1. The van der Waals surface area contributed by atoms with E-state index in [4.69, 9.17) is 0 Å². The highest BCUT2D eigenvalue weighted by atomic mass is 32.2. The zero-order valence-electron chi connectivity index (χ0n) is 14.6. The molecular weight excluding hydrogens is 371 g/mol.